The monoisotopic (exact) mass is 478 g/mol. The molecule has 0 spiro atoms. The smallest absolute Gasteiger partial charge is 0.257 e. The normalized spacial score (nSPS) is 20.5. The average Bonchev–Trinajstić information content (AvgIpc) is 3.22. The quantitative estimate of drug-likeness (QED) is 0.288. The van der Waals surface area contributed by atoms with E-state index in [-0.39, 0.29) is 28.6 Å². The van der Waals surface area contributed by atoms with E-state index < -0.39 is 14.4 Å². The molecule has 0 aromatic heterocycles. The molecule has 1 aromatic carbocycles. The van der Waals surface area contributed by atoms with E-state index in [2.05, 4.69) is 33.9 Å². The van der Waals surface area contributed by atoms with Gasteiger partial charge in [0, 0.05) is 24.4 Å². The maximum absolute atomic E-state index is 13.9. The number of ether oxygens (including phenoxy) is 2. The Morgan fingerprint density at radius 3 is 2.42 bits per heavy atom. The van der Waals surface area contributed by atoms with Gasteiger partial charge in [0.2, 0.25) is 18.6 Å². The van der Waals surface area contributed by atoms with E-state index in [0.717, 1.165) is 12.8 Å². The number of nitrogens with zero attached hydrogens (tertiary/aromatic N) is 2. The number of fused-ring (bicyclic) bond motifs is 1. The minimum atomic E-state index is -2.37. The molecule has 1 amide bonds. The number of hydrogen-bond donors (Lipinski definition) is 0. The predicted octanol–water partition coefficient (Wildman–Crippen LogP) is 5.58. The molecular formula is C24H38N2O6Si. The number of carbonyl (C=O) groups is 1. The molecule has 1 heterocycles. The van der Waals surface area contributed by atoms with Crippen LogP contribution in [0.5, 0.6) is 17.2 Å². The molecule has 1 aliphatic heterocycles. The summed E-state index contributed by atoms with van der Waals surface area (Å²) < 4.78 is 18.3. The van der Waals surface area contributed by atoms with Crippen LogP contribution in [0.1, 0.15) is 82.1 Å². The highest BCUT2D eigenvalue weighted by molar-refractivity contribution is 6.74. The van der Waals surface area contributed by atoms with Crippen molar-refractivity contribution in [2.75, 3.05) is 19.9 Å². The van der Waals surface area contributed by atoms with Crippen LogP contribution in [-0.2, 0) is 0 Å². The van der Waals surface area contributed by atoms with Crippen LogP contribution < -0.4 is 13.9 Å². The highest BCUT2D eigenvalue weighted by Gasteiger charge is 2.45. The third-order valence-corrected chi connectivity index (χ3v) is 11.8. The van der Waals surface area contributed by atoms with E-state index in [1.807, 2.05) is 13.8 Å². The standard InChI is InChI=1S/C24H38N2O6Si/c1-8-25(9-2)23(27)20-17(16-12-10-11-13-18(16)26(28)29)14-19-21(31-15-30-19)22(20)32-33(6,7)24(3,4)5/h14,16,18H,8-13,15H2,1-7H3. The summed E-state index contributed by atoms with van der Waals surface area (Å²) in [6.45, 7) is 15.6. The molecule has 3 rings (SSSR count). The fourth-order valence-corrected chi connectivity index (χ4v) is 5.46. The number of amides is 1. The molecule has 2 atom stereocenters. The number of nitro groups is 1. The van der Waals surface area contributed by atoms with Gasteiger partial charge in [0.15, 0.2) is 11.5 Å². The minimum Gasteiger partial charge on any atom is -0.540 e. The lowest BCUT2D eigenvalue weighted by molar-refractivity contribution is -0.530. The summed E-state index contributed by atoms with van der Waals surface area (Å²) in [6, 6.07) is 1.06. The number of carbonyl (C=O) groups excluding carboxylic acids is 1. The molecule has 2 unspecified atom stereocenters. The van der Waals surface area contributed by atoms with E-state index in [4.69, 9.17) is 13.9 Å². The molecule has 2 aliphatic rings. The zero-order chi connectivity index (χ0) is 24.6. The molecule has 0 saturated heterocycles. The fraction of sp³-hybridized carbons (Fsp3) is 0.708. The SMILES string of the molecule is CCN(CC)C(=O)c1c(C2CCCCC2[N+](=O)[O-])cc2c(c1O[Si](C)(C)C(C)(C)C)OCO2. The zero-order valence-corrected chi connectivity index (χ0v) is 22.0. The van der Waals surface area contributed by atoms with Crippen molar-refractivity contribution in [2.24, 2.45) is 0 Å². The Morgan fingerprint density at radius 2 is 1.85 bits per heavy atom. The van der Waals surface area contributed by atoms with Gasteiger partial charge in [-0.1, -0.05) is 27.2 Å². The Labute approximate surface area is 197 Å². The summed E-state index contributed by atoms with van der Waals surface area (Å²) in [7, 11) is -2.37. The fourth-order valence-electron chi connectivity index (χ4n) is 4.45. The summed E-state index contributed by atoms with van der Waals surface area (Å²) in [4.78, 5) is 27.4. The summed E-state index contributed by atoms with van der Waals surface area (Å²) in [5, 5.41) is 11.9. The van der Waals surface area contributed by atoms with E-state index in [1.54, 1.807) is 11.0 Å². The first-order valence-corrected chi connectivity index (χ1v) is 14.9. The van der Waals surface area contributed by atoms with Crippen molar-refractivity contribution in [3.63, 3.8) is 0 Å². The van der Waals surface area contributed by atoms with Crippen LogP contribution in [0.4, 0.5) is 0 Å². The Balaban J connectivity index is 2.29. The first-order chi connectivity index (χ1) is 15.4. The van der Waals surface area contributed by atoms with Crippen LogP contribution in [0.3, 0.4) is 0 Å². The largest absolute Gasteiger partial charge is 0.540 e. The Hall–Kier alpha value is -2.29. The highest BCUT2D eigenvalue weighted by atomic mass is 28.4. The summed E-state index contributed by atoms with van der Waals surface area (Å²) in [5.41, 5.74) is 1.07. The molecule has 184 valence electrons. The van der Waals surface area contributed by atoms with Crippen molar-refractivity contribution >= 4 is 14.2 Å². The molecule has 0 bridgehead atoms. The van der Waals surface area contributed by atoms with Gasteiger partial charge in [0.05, 0.1) is 11.5 Å². The molecule has 33 heavy (non-hydrogen) atoms. The maximum Gasteiger partial charge on any atom is 0.257 e. The third kappa shape index (κ3) is 4.83. The van der Waals surface area contributed by atoms with Crippen molar-refractivity contribution in [3.8, 4) is 17.2 Å². The third-order valence-electron chi connectivity index (χ3n) is 7.48. The first kappa shape index (κ1) is 25.3. The molecule has 8 nitrogen and oxygen atoms in total. The van der Waals surface area contributed by atoms with Crippen molar-refractivity contribution in [3.05, 3.63) is 27.3 Å². The molecule has 0 radical (unpaired) electrons. The molecule has 0 N–H and O–H groups in total. The zero-order valence-electron chi connectivity index (χ0n) is 21.0. The molecule has 1 fully saturated rings. The number of rotatable bonds is 7. The Bertz CT molecular complexity index is 907. The lowest BCUT2D eigenvalue weighted by atomic mass is 9.78. The van der Waals surface area contributed by atoms with Crippen molar-refractivity contribution in [2.45, 2.75) is 90.4 Å². The van der Waals surface area contributed by atoms with Gasteiger partial charge in [0.1, 0.15) is 0 Å². The van der Waals surface area contributed by atoms with Gasteiger partial charge in [-0.15, -0.1) is 0 Å². The second-order valence-corrected chi connectivity index (χ2v) is 15.2. The van der Waals surface area contributed by atoms with Crippen molar-refractivity contribution in [1.29, 1.82) is 0 Å². The molecule has 1 aliphatic carbocycles. The first-order valence-electron chi connectivity index (χ1n) is 12.0. The van der Waals surface area contributed by atoms with Crippen molar-refractivity contribution < 1.29 is 23.6 Å². The number of benzene rings is 1. The summed E-state index contributed by atoms with van der Waals surface area (Å²) >= 11 is 0. The van der Waals surface area contributed by atoms with Crippen LogP contribution in [0.15, 0.2) is 6.07 Å². The van der Waals surface area contributed by atoms with Gasteiger partial charge in [-0.3, -0.25) is 14.9 Å². The van der Waals surface area contributed by atoms with Crippen LogP contribution >= 0.6 is 0 Å². The van der Waals surface area contributed by atoms with Gasteiger partial charge < -0.3 is 18.8 Å². The highest BCUT2D eigenvalue weighted by Crippen LogP contribution is 2.51. The van der Waals surface area contributed by atoms with Gasteiger partial charge in [-0.25, -0.2) is 0 Å². The van der Waals surface area contributed by atoms with E-state index in [9.17, 15) is 14.9 Å². The van der Waals surface area contributed by atoms with Crippen LogP contribution in [0, 0.1) is 10.1 Å². The average molecular weight is 479 g/mol. The predicted molar refractivity (Wildman–Crippen MR) is 130 cm³/mol. The van der Waals surface area contributed by atoms with Gasteiger partial charge in [-0.05, 0) is 56.5 Å². The minimum absolute atomic E-state index is 0.0366. The van der Waals surface area contributed by atoms with E-state index in [0.29, 0.717) is 54.3 Å². The second-order valence-electron chi connectivity index (χ2n) is 10.5. The van der Waals surface area contributed by atoms with Gasteiger partial charge >= 0.3 is 0 Å². The van der Waals surface area contributed by atoms with Gasteiger partial charge in [-0.2, -0.15) is 0 Å². The van der Waals surface area contributed by atoms with Crippen LogP contribution in [0.25, 0.3) is 0 Å². The second kappa shape index (κ2) is 9.52. The van der Waals surface area contributed by atoms with Crippen molar-refractivity contribution in [1.82, 2.24) is 4.90 Å². The lowest BCUT2D eigenvalue weighted by Crippen LogP contribution is -2.45. The molecule has 1 aromatic rings. The van der Waals surface area contributed by atoms with Gasteiger partial charge in [0.25, 0.3) is 14.2 Å². The molecule has 1 saturated carbocycles. The molecular weight excluding hydrogens is 440 g/mol. The van der Waals surface area contributed by atoms with Crippen LogP contribution in [0.2, 0.25) is 18.1 Å². The summed E-state index contributed by atoms with van der Waals surface area (Å²) in [5.74, 6) is 0.792. The van der Waals surface area contributed by atoms with E-state index >= 15 is 0 Å². The Kier molecular flexibility index (Phi) is 7.31. The van der Waals surface area contributed by atoms with Crippen LogP contribution in [-0.4, -0.2) is 50.0 Å². The Morgan fingerprint density at radius 1 is 1.21 bits per heavy atom. The van der Waals surface area contributed by atoms with E-state index in [1.165, 1.54) is 0 Å². The maximum atomic E-state index is 13.9. The topological polar surface area (TPSA) is 91.1 Å². The molecule has 9 heteroatoms. The summed E-state index contributed by atoms with van der Waals surface area (Å²) in [6.07, 6.45) is 2.87. The lowest BCUT2D eigenvalue weighted by Gasteiger charge is -2.38. The number of hydrogen-bond acceptors (Lipinski definition) is 6.